The molecule has 0 amide bonds. The summed E-state index contributed by atoms with van der Waals surface area (Å²) in [5, 5.41) is 4.72. The SMILES string of the molecule is CC1(C)c2cc(-c3ccc(-n4c5ccccc5c5cc(-c6nc7ccccc7o6)ccc54)cc3)ccc2-c2ccc(-n3c4ccccc4c4cc(-c5nc6ccccc6o5)ccc43)cc21. The predicted octanol–water partition coefficient (Wildman–Crippen LogP) is 15.5. The molecular weight excluding hydrogens is 797 g/mol. The van der Waals surface area contributed by atoms with Gasteiger partial charge in [0.1, 0.15) is 11.0 Å². The summed E-state index contributed by atoms with van der Waals surface area (Å²) in [6, 6.07) is 69.3. The molecule has 65 heavy (non-hydrogen) atoms. The topological polar surface area (TPSA) is 61.9 Å². The molecule has 0 bridgehead atoms. The molecule has 13 aromatic rings. The number of nitrogens with zero attached hydrogens (tertiary/aromatic N) is 4. The van der Waals surface area contributed by atoms with Gasteiger partial charge in [-0.25, -0.2) is 9.97 Å². The van der Waals surface area contributed by atoms with E-state index in [2.05, 4.69) is 169 Å². The summed E-state index contributed by atoms with van der Waals surface area (Å²) in [7, 11) is 0. The second kappa shape index (κ2) is 13.3. The Morgan fingerprint density at radius 2 is 0.815 bits per heavy atom. The zero-order valence-electron chi connectivity index (χ0n) is 35.6. The van der Waals surface area contributed by atoms with Gasteiger partial charge in [-0.15, -0.1) is 0 Å². The molecular formula is C59H38N4O2. The lowest BCUT2D eigenvalue weighted by atomic mass is 9.81. The summed E-state index contributed by atoms with van der Waals surface area (Å²) in [4.78, 5) is 9.59. The Morgan fingerprint density at radius 1 is 0.369 bits per heavy atom. The number of hydrogen-bond donors (Lipinski definition) is 0. The van der Waals surface area contributed by atoms with Crippen molar-refractivity contribution in [1.82, 2.24) is 19.1 Å². The molecule has 6 nitrogen and oxygen atoms in total. The van der Waals surface area contributed by atoms with Gasteiger partial charge in [-0.05, 0) is 137 Å². The third-order valence-electron chi connectivity index (χ3n) is 13.8. The van der Waals surface area contributed by atoms with Crippen molar-refractivity contribution in [2.24, 2.45) is 0 Å². The fourth-order valence-corrected chi connectivity index (χ4v) is 10.6. The number of hydrogen-bond acceptors (Lipinski definition) is 4. The van der Waals surface area contributed by atoms with Gasteiger partial charge >= 0.3 is 0 Å². The normalized spacial score (nSPS) is 13.2. The van der Waals surface area contributed by atoms with Crippen LogP contribution in [0.4, 0.5) is 0 Å². The van der Waals surface area contributed by atoms with Gasteiger partial charge in [-0.1, -0.05) is 105 Å². The second-order valence-electron chi connectivity index (χ2n) is 17.8. The van der Waals surface area contributed by atoms with Crippen molar-refractivity contribution in [3.8, 4) is 56.5 Å². The summed E-state index contributed by atoms with van der Waals surface area (Å²) in [5.74, 6) is 1.26. The first-order chi connectivity index (χ1) is 31.9. The number of fused-ring (bicyclic) bond motifs is 11. The molecule has 0 atom stereocenters. The maximum atomic E-state index is 6.19. The highest BCUT2D eigenvalue weighted by molar-refractivity contribution is 6.11. The van der Waals surface area contributed by atoms with Crippen LogP contribution in [0.15, 0.2) is 203 Å². The van der Waals surface area contributed by atoms with Crippen molar-refractivity contribution in [3.05, 3.63) is 205 Å². The molecule has 4 aromatic heterocycles. The quantitative estimate of drug-likeness (QED) is 0.173. The maximum absolute atomic E-state index is 6.19. The molecule has 0 aliphatic heterocycles. The molecule has 0 radical (unpaired) electrons. The first kappa shape index (κ1) is 36.0. The minimum absolute atomic E-state index is 0.213. The van der Waals surface area contributed by atoms with Gasteiger partial charge in [-0.3, -0.25) is 0 Å². The lowest BCUT2D eigenvalue weighted by Crippen LogP contribution is -2.15. The molecule has 306 valence electrons. The van der Waals surface area contributed by atoms with Crippen molar-refractivity contribution >= 4 is 65.8 Å². The van der Waals surface area contributed by atoms with Crippen LogP contribution in [-0.2, 0) is 5.41 Å². The number of rotatable bonds is 5. The number of aromatic nitrogens is 4. The molecule has 14 rings (SSSR count). The van der Waals surface area contributed by atoms with Crippen molar-refractivity contribution in [2.75, 3.05) is 0 Å². The van der Waals surface area contributed by atoms with Gasteiger partial charge in [0, 0.05) is 49.5 Å². The van der Waals surface area contributed by atoms with Crippen molar-refractivity contribution in [3.63, 3.8) is 0 Å². The van der Waals surface area contributed by atoms with E-state index in [1.54, 1.807) is 0 Å². The molecule has 9 aromatic carbocycles. The minimum Gasteiger partial charge on any atom is -0.436 e. The summed E-state index contributed by atoms with van der Waals surface area (Å²) in [5.41, 5.74) is 19.6. The predicted molar refractivity (Wildman–Crippen MR) is 264 cm³/mol. The van der Waals surface area contributed by atoms with E-state index in [-0.39, 0.29) is 5.41 Å². The van der Waals surface area contributed by atoms with Crippen LogP contribution in [0.25, 0.3) is 122 Å². The van der Waals surface area contributed by atoms with Gasteiger partial charge in [0.2, 0.25) is 11.8 Å². The molecule has 6 heteroatoms. The highest BCUT2D eigenvalue weighted by atomic mass is 16.4. The van der Waals surface area contributed by atoms with Crippen LogP contribution >= 0.6 is 0 Å². The molecule has 0 saturated carbocycles. The fourth-order valence-electron chi connectivity index (χ4n) is 10.6. The average molecular weight is 835 g/mol. The average Bonchev–Trinajstić information content (AvgIpc) is 4.17. The van der Waals surface area contributed by atoms with Crippen LogP contribution in [0.1, 0.15) is 25.0 Å². The smallest absolute Gasteiger partial charge is 0.227 e. The van der Waals surface area contributed by atoms with E-state index in [0.717, 1.165) is 66.6 Å². The van der Waals surface area contributed by atoms with Crippen LogP contribution in [-0.4, -0.2) is 19.1 Å². The zero-order chi connectivity index (χ0) is 43.0. The van der Waals surface area contributed by atoms with E-state index in [4.69, 9.17) is 18.8 Å². The van der Waals surface area contributed by atoms with Crippen LogP contribution in [0.3, 0.4) is 0 Å². The third-order valence-corrected chi connectivity index (χ3v) is 13.8. The molecule has 4 heterocycles. The number of benzene rings is 9. The molecule has 1 aliphatic carbocycles. The Balaban J connectivity index is 0.809. The van der Waals surface area contributed by atoms with E-state index in [1.807, 2.05) is 48.5 Å². The second-order valence-corrected chi connectivity index (χ2v) is 17.8. The van der Waals surface area contributed by atoms with Gasteiger partial charge in [0.25, 0.3) is 0 Å². The highest BCUT2D eigenvalue weighted by Gasteiger charge is 2.36. The zero-order valence-corrected chi connectivity index (χ0v) is 35.6. The Morgan fingerprint density at radius 3 is 1.40 bits per heavy atom. The summed E-state index contributed by atoms with van der Waals surface area (Å²) in [6.45, 7) is 4.73. The molecule has 0 unspecified atom stereocenters. The number of para-hydroxylation sites is 6. The van der Waals surface area contributed by atoms with E-state index in [9.17, 15) is 0 Å². The Kier molecular flexibility index (Phi) is 7.36. The van der Waals surface area contributed by atoms with Gasteiger partial charge in [0.05, 0.1) is 22.1 Å². The summed E-state index contributed by atoms with van der Waals surface area (Å²) < 4.78 is 17.1. The van der Waals surface area contributed by atoms with Gasteiger partial charge in [-0.2, -0.15) is 0 Å². The van der Waals surface area contributed by atoms with E-state index < -0.39 is 0 Å². The summed E-state index contributed by atoms with van der Waals surface area (Å²) in [6.07, 6.45) is 0. The monoisotopic (exact) mass is 834 g/mol. The molecule has 0 fully saturated rings. The molecule has 0 N–H and O–H groups in total. The van der Waals surface area contributed by atoms with Crippen molar-refractivity contribution in [2.45, 2.75) is 19.3 Å². The number of oxazole rings is 2. The van der Waals surface area contributed by atoms with E-state index >= 15 is 0 Å². The summed E-state index contributed by atoms with van der Waals surface area (Å²) >= 11 is 0. The van der Waals surface area contributed by atoms with Crippen molar-refractivity contribution < 1.29 is 8.83 Å². The highest BCUT2D eigenvalue weighted by Crippen LogP contribution is 2.51. The van der Waals surface area contributed by atoms with Gasteiger partial charge in [0.15, 0.2) is 11.2 Å². The van der Waals surface area contributed by atoms with Crippen LogP contribution in [0.5, 0.6) is 0 Å². The lowest BCUT2D eigenvalue weighted by Gasteiger charge is -2.23. The van der Waals surface area contributed by atoms with Gasteiger partial charge < -0.3 is 18.0 Å². The lowest BCUT2D eigenvalue weighted by molar-refractivity contribution is 0.619. The van der Waals surface area contributed by atoms with E-state index in [0.29, 0.717) is 11.8 Å². The Labute approximate surface area is 373 Å². The molecule has 1 aliphatic rings. The van der Waals surface area contributed by atoms with E-state index in [1.165, 1.54) is 55.1 Å². The Hall–Kier alpha value is -8.48. The molecule has 0 spiro atoms. The molecule has 0 saturated heterocycles. The first-order valence-corrected chi connectivity index (χ1v) is 22.1. The largest absolute Gasteiger partial charge is 0.436 e. The minimum atomic E-state index is -0.213. The van der Waals surface area contributed by atoms with Crippen molar-refractivity contribution in [1.29, 1.82) is 0 Å². The Bertz CT molecular complexity index is 4040. The standard InChI is InChI=1S/C59H38N4O2/c1-59(2)47-33-36(35-19-24-39(25-20-35)62-51-15-7-3-11-43(51)45-31-37(22-29-53(45)62)57-60-49-13-5-9-17-55(49)64-57)21-27-41(47)42-28-26-40(34-48(42)59)63-52-16-8-4-12-44(52)46-32-38(23-30-54(46)63)58-61-50-14-6-10-18-56(50)65-58/h3-34H,1-2H3. The third kappa shape index (κ3) is 5.28. The fraction of sp³-hybridized carbons (Fsp3) is 0.0508. The van der Waals surface area contributed by atoms with Crippen LogP contribution in [0, 0.1) is 0 Å². The van der Waals surface area contributed by atoms with Crippen LogP contribution in [0.2, 0.25) is 0 Å². The van der Waals surface area contributed by atoms with Crippen LogP contribution < -0.4 is 0 Å². The first-order valence-electron chi connectivity index (χ1n) is 22.1. The maximum Gasteiger partial charge on any atom is 0.227 e.